The number of aromatic nitrogens is 1. The van der Waals surface area contributed by atoms with Crippen LogP contribution < -0.4 is 4.74 Å². The molecule has 5 nitrogen and oxygen atoms in total. The summed E-state index contributed by atoms with van der Waals surface area (Å²) in [7, 11) is 0. The van der Waals surface area contributed by atoms with Gasteiger partial charge in [0.05, 0.1) is 22.2 Å². The van der Waals surface area contributed by atoms with Gasteiger partial charge in [-0.2, -0.15) is 0 Å². The molecule has 1 heterocycles. The third-order valence-electron chi connectivity index (χ3n) is 5.29. The second-order valence-electron chi connectivity index (χ2n) is 7.29. The fraction of sp³-hybridized carbons (Fsp3) is 0.200. The van der Waals surface area contributed by atoms with Gasteiger partial charge in [0.25, 0.3) is 0 Å². The number of esters is 2. The lowest BCUT2D eigenvalue weighted by Crippen LogP contribution is -2.10. The lowest BCUT2D eigenvalue weighted by molar-refractivity contribution is -0.131. The summed E-state index contributed by atoms with van der Waals surface area (Å²) in [5, 5.41) is 3.45. The normalized spacial score (nSPS) is 11.1. The van der Waals surface area contributed by atoms with Crippen molar-refractivity contribution in [2.24, 2.45) is 0 Å². The molecule has 3 aromatic carbocycles. The van der Waals surface area contributed by atoms with Gasteiger partial charge in [-0.1, -0.05) is 58.4 Å². The third kappa shape index (κ3) is 4.19. The molecule has 7 heteroatoms. The zero-order valence-electron chi connectivity index (χ0n) is 17.7. The van der Waals surface area contributed by atoms with E-state index in [-0.39, 0.29) is 6.61 Å². The predicted octanol–water partition coefficient (Wildman–Crippen LogP) is 6.60. The van der Waals surface area contributed by atoms with Crippen LogP contribution in [0.4, 0.5) is 0 Å². The molecule has 0 bridgehead atoms. The number of nitrogens with zero attached hydrogens (tertiary/aromatic N) is 1. The van der Waals surface area contributed by atoms with Crippen LogP contribution in [0, 0.1) is 0 Å². The molecule has 32 heavy (non-hydrogen) atoms. The Morgan fingerprint density at radius 1 is 1.03 bits per heavy atom. The van der Waals surface area contributed by atoms with E-state index in [1.165, 1.54) is 6.92 Å². The number of benzene rings is 3. The van der Waals surface area contributed by atoms with Gasteiger partial charge in [-0.15, -0.1) is 0 Å². The molecule has 4 aromatic rings. The first-order valence-corrected chi connectivity index (χ1v) is 12.1. The quantitative estimate of drug-likeness (QED) is 0.152. The van der Waals surface area contributed by atoms with E-state index in [2.05, 4.69) is 60.7 Å². The number of ether oxygens (including phenoxy) is 2. The van der Waals surface area contributed by atoms with E-state index < -0.39 is 11.9 Å². The molecular formula is C25H21Br2NO4. The van der Waals surface area contributed by atoms with Gasteiger partial charge in [-0.05, 0) is 51.3 Å². The second-order valence-corrected chi connectivity index (χ2v) is 8.71. The van der Waals surface area contributed by atoms with Crippen LogP contribution in [0.3, 0.4) is 0 Å². The highest BCUT2D eigenvalue weighted by Crippen LogP contribution is 2.37. The molecule has 0 spiro atoms. The van der Waals surface area contributed by atoms with Gasteiger partial charge in [-0.25, -0.2) is 4.79 Å². The summed E-state index contributed by atoms with van der Waals surface area (Å²) >= 11 is 7.08. The van der Waals surface area contributed by atoms with E-state index in [9.17, 15) is 9.59 Å². The lowest BCUT2D eigenvalue weighted by atomic mass is 10.0. The van der Waals surface area contributed by atoms with Crippen molar-refractivity contribution in [2.45, 2.75) is 25.7 Å². The highest BCUT2D eigenvalue weighted by atomic mass is 79.9. The van der Waals surface area contributed by atoms with E-state index in [0.29, 0.717) is 33.0 Å². The molecule has 0 aliphatic rings. The van der Waals surface area contributed by atoms with Crippen molar-refractivity contribution < 1.29 is 19.1 Å². The SMILES string of the molecule is CCOC(=O)c1c(CBr)n(Cc2cccc3ccccc23)c2cc(Br)c(OC(C)=O)cc12. The van der Waals surface area contributed by atoms with E-state index in [1.807, 2.05) is 24.3 Å². The third-order valence-corrected chi connectivity index (χ3v) is 6.44. The number of halogens is 2. The Hall–Kier alpha value is -2.64. The number of hydrogen-bond acceptors (Lipinski definition) is 4. The molecule has 0 atom stereocenters. The van der Waals surface area contributed by atoms with Crippen LogP contribution in [0.25, 0.3) is 21.7 Å². The summed E-state index contributed by atoms with van der Waals surface area (Å²) in [6.45, 7) is 3.96. The van der Waals surface area contributed by atoms with Crippen molar-refractivity contribution in [3.05, 3.63) is 75.9 Å². The Balaban J connectivity index is 1.97. The average molecular weight is 559 g/mol. The molecule has 0 aliphatic heterocycles. The number of alkyl halides is 1. The van der Waals surface area contributed by atoms with Gasteiger partial charge < -0.3 is 14.0 Å². The Kier molecular flexibility index (Phi) is 6.67. The van der Waals surface area contributed by atoms with E-state index in [4.69, 9.17) is 9.47 Å². The van der Waals surface area contributed by atoms with Crippen LogP contribution in [0.5, 0.6) is 5.75 Å². The standard InChI is InChI=1S/C25H21Br2NO4/c1-3-31-25(30)24-19-11-23(32-15(2)29)20(27)12-21(19)28(22(24)13-26)14-17-9-6-8-16-7-4-5-10-18(16)17/h4-12H,3,13-14H2,1-2H3. The molecule has 164 valence electrons. The maximum Gasteiger partial charge on any atom is 0.340 e. The largest absolute Gasteiger partial charge is 0.462 e. The van der Waals surface area contributed by atoms with Crippen LogP contribution in [-0.2, 0) is 21.4 Å². The lowest BCUT2D eigenvalue weighted by Gasteiger charge is -2.13. The molecule has 0 saturated carbocycles. The average Bonchev–Trinajstić information content (AvgIpc) is 3.06. The maximum atomic E-state index is 13.0. The van der Waals surface area contributed by atoms with E-state index in [1.54, 1.807) is 13.0 Å². The van der Waals surface area contributed by atoms with Gasteiger partial charge >= 0.3 is 11.9 Å². The molecular weight excluding hydrogens is 538 g/mol. The fourth-order valence-electron chi connectivity index (χ4n) is 3.99. The summed E-state index contributed by atoms with van der Waals surface area (Å²) in [5.41, 5.74) is 3.26. The van der Waals surface area contributed by atoms with Crippen LogP contribution in [0.1, 0.15) is 35.5 Å². The van der Waals surface area contributed by atoms with Crippen LogP contribution in [0.2, 0.25) is 0 Å². The Morgan fingerprint density at radius 2 is 1.78 bits per heavy atom. The van der Waals surface area contributed by atoms with E-state index in [0.717, 1.165) is 27.5 Å². The molecule has 1 aromatic heterocycles. The molecule has 4 rings (SSSR count). The smallest absolute Gasteiger partial charge is 0.340 e. The summed E-state index contributed by atoms with van der Waals surface area (Å²) in [4.78, 5) is 24.5. The molecule has 0 amide bonds. The molecule has 0 unspecified atom stereocenters. The first kappa shape index (κ1) is 22.6. The number of carbonyl (C=O) groups excluding carboxylic acids is 2. The summed E-state index contributed by atoms with van der Waals surface area (Å²) in [6.07, 6.45) is 0. The summed E-state index contributed by atoms with van der Waals surface area (Å²) in [5.74, 6) is -0.475. The van der Waals surface area contributed by atoms with Crippen molar-refractivity contribution in [1.29, 1.82) is 0 Å². The minimum atomic E-state index is -0.432. The number of hydrogen-bond donors (Lipinski definition) is 0. The minimum absolute atomic E-state index is 0.268. The van der Waals surface area contributed by atoms with Gasteiger partial charge in [0.2, 0.25) is 0 Å². The zero-order chi connectivity index (χ0) is 22.8. The second kappa shape index (κ2) is 9.46. The topological polar surface area (TPSA) is 57.5 Å². The number of fused-ring (bicyclic) bond motifs is 2. The molecule has 0 N–H and O–H groups in total. The molecule has 0 saturated heterocycles. The Labute approximate surface area is 202 Å². The Morgan fingerprint density at radius 3 is 2.50 bits per heavy atom. The minimum Gasteiger partial charge on any atom is -0.462 e. The van der Waals surface area contributed by atoms with Crippen LogP contribution >= 0.6 is 31.9 Å². The fourth-order valence-corrected chi connectivity index (χ4v) is 4.98. The van der Waals surface area contributed by atoms with Crippen molar-refractivity contribution in [1.82, 2.24) is 4.57 Å². The monoisotopic (exact) mass is 557 g/mol. The zero-order valence-corrected chi connectivity index (χ0v) is 20.8. The van der Waals surface area contributed by atoms with Crippen LogP contribution in [0.15, 0.2) is 59.1 Å². The number of carbonyl (C=O) groups is 2. The number of rotatable bonds is 6. The highest BCUT2D eigenvalue weighted by Gasteiger charge is 2.25. The van der Waals surface area contributed by atoms with Crippen LogP contribution in [-0.4, -0.2) is 23.1 Å². The van der Waals surface area contributed by atoms with Crippen molar-refractivity contribution in [3.63, 3.8) is 0 Å². The van der Waals surface area contributed by atoms with Gasteiger partial charge in [0.1, 0.15) is 5.75 Å². The molecule has 0 aliphatic carbocycles. The summed E-state index contributed by atoms with van der Waals surface area (Å²) in [6, 6.07) is 18.1. The summed E-state index contributed by atoms with van der Waals surface area (Å²) < 4.78 is 13.5. The highest BCUT2D eigenvalue weighted by molar-refractivity contribution is 9.10. The first-order chi connectivity index (χ1) is 15.4. The molecule has 0 fully saturated rings. The van der Waals surface area contributed by atoms with Crippen molar-refractivity contribution in [3.8, 4) is 5.75 Å². The van der Waals surface area contributed by atoms with Crippen molar-refractivity contribution in [2.75, 3.05) is 6.61 Å². The van der Waals surface area contributed by atoms with Crippen molar-refractivity contribution >= 4 is 65.5 Å². The van der Waals surface area contributed by atoms with E-state index >= 15 is 0 Å². The predicted molar refractivity (Wildman–Crippen MR) is 133 cm³/mol. The maximum absolute atomic E-state index is 13.0. The van der Waals surface area contributed by atoms with Gasteiger partial charge in [0.15, 0.2) is 0 Å². The first-order valence-electron chi connectivity index (χ1n) is 10.2. The Bertz CT molecular complexity index is 1340. The molecule has 0 radical (unpaired) electrons. The van der Waals surface area contributed by atoms with Gasteiger partial charge in [-0.3, -0.25) is 4.79 Å². The van der Waals surface area contributed by atoms with Gasteiger partial charge in [0, 0.05) is 29.9 Å².